The molecule has 1 amide bonds. The molecule has 0 heterocycles. The Hall–Kier alpha value is -1.42. The number of phenolic OH excluding ortho intramolecular Hbond substituents is 2. The third-order valence-corrected chi connectivity index (χ3v) is 2.26. The van der Waals surface area contributed by atoms with Crippen LogP contribution in [0.25, 0.3) is 0 Å². The van der Waals surface area contributed by atoms with E-state index in [1.807, 2.05) is 6.92 Å². The highest BCUT2D eigenvalue weighted by Crippen LogP contribution is 2.35. The monoisotopic (exact) mass is 229 g/mol. The molecule has 0 unspecified atom stereocenters. The van der Waals surface area contributed by atoms with Crippen LogP contribution in [0, 0.1) is 0 Å². The van der Waals surface area contributed by atoms with Gasteiger partial charge in [0.2, 0.25) is 0 Å². The van der Waals surface area contributed by atoms with Crippen LogP contribution in [0.2, 0.25) is 5.02 Å². The van der Waals surface area contributed by atoms with Crippen LogP contribution in [0.1, 0.15) is 23.7 Å². The maximum atomic E-state index is 11.5. The SMILES string of the molecule is CCCNC(=O)c1ccc(O)c(O)c1Cl. The molecule has 0 bridgehead atoms. The maximum absolute atomic E-state index is 11.5. The number of nitrogens with one attached hydrogen (secondary N) is 1. The van der Waals surface area contributed by atoms with Crippen molar-refractivity contribution in [1.82, 2.24) is 5.32 Å². The molecule has 0 aliphatic carbocycles. The molecule has 0 aliphatic heterocycles. The predicted molar refractivity (Wildman–Crippen MR) is 57.4 cm³/mol. The molecule has 0 radical (unpaired) electrons. The van der Waals surface area contributed by atoms with E-state index in [0.717, 1.165) is 6.42 Å². The normalized spacial score (nSPS) is 10.0. The predicted octanol–water partition coefficient (Wildman–Crippen LogP) is 1.89. The number of phenols is 2. The Balaban J connectivity index is 2.95. The second-order valence-electron chi connectivity index (χ2n) is 3.05. The Labute approximate surface area is 92.5 Å². The van der Waals surface area contributed by atoms with E-state index in [2.05, 4.69) is 5.32 Å². The molecule has 0 atom stereocenters. The largest absolute Gasteiger partial charge is 0.504 e. The summed E-state index contributed by atoms with van der Waals surface area (Å²) >= 11 is 5.70. The molecule has 0 aromatic heterocycles. The molecule has 0 fully saturated rings. The molecule has 5 heteroatoms. The van der Waals surface area contributed by atoms with Crippen molar-refractivity contribution < 1.29 is 15.0 Å². The van der Waals surface area contributed by atoms with Gasteiger partial charge in [0.05, 0.1) is 10.6 Å². The molecule has 15 heavy (non-hydrogen) atoms. The van der Waals surface area contributed by atoms with Crippen molar-refractivity contribution in [3.8, 4) is 11.5 Å². The average Bonchev–Trinajstić information content (AvgIpc) is 2.23. The standard InChI is InChI=1S/C10H12ClNO3/c1-2-5-12-10(15)6-3-4-7(13)9(14)8(6)11/h3-4,13-14H,2,5H2,1H3,(H,12,15). The lowest BCUT2D eigenvalue weighted by molar-refractivity contribution is 0.0953. The Kier molecular flexibility index (Phi) is 3.80. The Morgan fingerprint density at radius 2 is 2.13 bits per heavy atom. The number of aromatic hydroxyl groups is 2. The summed E-state index contributed by atoms with van der Waals surface area (Å²) in [6.45, 7) is 2.47. The number of halogens is 1. The van der Waals surface area contributed by atoms with Crippen LogP contribution in [-0.2, 0) is 0 Å². The first-order chi connectivity index (χ1) is 7.07. The second kappa shape index (κ2) is 4.89. The summed E-state index contributed by atoms with van der Waals surface area (Å²) in [6.07, 6.45) is 0.813. The highest BCUT2D eigenvalue weighted by molar-refractivity contribution is 6.35. The minimum absolute atomic E-state index is 0.136. The molecule has 1 rings (SSSR count). The van der Waals surface area contributed by atoms with Crippen molar-refractivity contribution in [3.63, 3.8) is 0 Å². The first-order valence-corrected chi connectivity index (χ1v) is 4.94. The summed E-state index contributed by atoms with van der Waals surface area (Å²) < 4.78 is 0. The van der Waals surface area contributed by atoms with Crippen LogP contribution in [0.4, 0.5) is 0 Å². The number of carbonyl (C=O) groups excluding carboxylic acids is 1. The molecule has 82 valence electrons. The molecule has 1 aromatic carbocycles. The summed E-state index contributed by atoms with van der Waals surface area (Å²) in [4.78, 5) is 11.5. The van der Waals surface area contributed by atoms with E-state index in [1.165, 1.54) is 12.1 Å². The van der Waals surface area contributed by atoms with E-state index in [4.69, 9.17) is 16.7 Å². The number of hydrogen-bond acceptors (Lipinski definition) is 3. The summed E-state index contributed by atoms with van der Waals surface area (Å²) in [5.41, 5.74) is 0.153. The van der Waals surface area contributed by atoms with Crippen molar-refractivity contribution in [2.45, 2.75) is 13.3 Å². The average molecular weight is 230 g/mol. The van der Waals surface area contributed by atoms with E-state index in [0.29, 0.717) is 6.54 Å². The first-order valence-electron chi connectivity index (χ1n) is 4.56. The third-order valence-electron chi connectivity index (χ3n) is 1.88. The van der Waals surface area contributed by atoms with E-state index < -0.39 is 5.75 Å². The number of rotatable bonds is 3. The quantitative estimate of drug-likeness (QED) is 0.694. The molecule has 0 saturated heterocycles. The minimum atomic E-state index is -0.471. The summed E-state index contributed by atoms with van der Waals surface area (Å²) in [6, 6.07) is 2.59. The molecule has 0 saturated carbocycles. The van der Waals surface area contributed by atoms with Crippen molar-refractivity contribution in [1.29, 1.82) is 0 Å². The zero-order valence-corrected chi connectivity index (χ0v) is 9.01. The van der Waals surface area contributed by atoms with E-state index in [9.17, 15) is 9.90 Å². The fourth-order valence-corrected chi connectivity index (χ4v) is 1.31. The van der Waals surface area contributed by atoms with Gasteiger partial charge in [0.25, 0.3) is 5.91 Å². The molecule has 3 N–H and O–H groups in total. The molecule has 4 nitrogen and oxygen atoms in total. The van der Waals surface area contributed by atoms with E-state index in [1.54, 1.807) is 0 Å². The van der Waals surface area contributed by atoms with Gasteiger partial charge in [0.1, 0.15) is 0 Å². The molecular formula is C10H12ClNO3. The zero-order chi connectivity index (χ0) is 11.4. The fraction of sp³-hybridized carbons (Fsp3) is 0.300. The molecule has 0 aliphatic rings. The van der Waals surface area contributed by atoms with Gasteiger partial charge in [-0.25, -0.2) is 0 Å². The highest BCUT2D eigenvalue weighted by Gasteiger charge is 2.15. The zero-order valence-electron chi connectivity index (χ0n) is 8.25. The van der Waals surface area contributed by atoms with Crippen LogP contribution >= 0.6 is 11.6 Å². The van der Waals surface area contributed by atoms with Crippen LogP contribution in [0.15, 0.2) is 12.1 Å². The van der Waals surface area contributed by atoms with Gasteiger partial charge in [0.15, 0.2) is 11.5 Å². The van der Waals surface area contributed by atoms with Gasteiger partial charge in [-0.3, -0.25) is 4.79 Å². The number of benzene rings is 1. The van der Waals surface area contributed by atoms with E-state index in [-0.39, 0.29) is 22.2 Å². The molecule has 0 spiro atoms. The number of hydrogen-bond donors (Lipinski definition) is 3. The van der Waals surface area contributed by atoms with Crippen LogP contribution in [-0.4, -0.2) is 22.7 Å². The third kappa shape index (κ3) is 2.53. The van der Waals surface area contributed by atoms with Crippen molar-refractivity contribution >= 4 is 17.5 Å². The highest BCUT2D eigenvalue weighted by atomic mass is 35.5. The molecule has 1 aromatic rings. The van der Waals surface area contributed by atoms with Gasteiger partial charge < -0.3 is 15.5 Å². The summed E-state index contributed by atoms with van der Waals surface area (Å²) in [5.74, 6) is -1.18. The lowest BCUT2D eigenvalue weighted by Gasteiger charge is -2.07. The number of amides is 1. The lowest BCUT2D eigenvalue weighted by Crippen LogP contribution is -2.24. The van der Waals surface area contributed by atoms with Crippen molar-refractivity contribution in [2.24, 2.45) is 0 Å². The Morgan fingerprint density at radius 3 is 2.73 bits per heavy atom. The lowest BCUT2D eigenvalue weighted by atomic mass is 10.2. The first kappa shape index (κ1) is 11.7. The second-order valence-corrected chi connectivity index (χ2v) is 3.43. The summed E-state index contributed by atoms with van der Waals surface area (Å²) in [5, 5.41) is 20.9. The van der Waals surface area contributed by atoms with Gasteiger partial charge in [-0.1, -0.05) is 18.5 Å². The van der Waals surface area contributed by atoms with E-state index >= 15 is 0 Å². The van der Waals surface area contributed by atoms with Gasteiger partial charge in [-0.15, -0.1) is 0 Å². The smallest absolute Gasteiger partial charge is 0.252 e. The van der Waals surface area contributed by atoms with Crippen molar-refractivity contribution in [2.75, 3.05) is 6.54 Å². The van der Waals surface area contributed by atoms with Gasteiger partial charge in [-0.2, -0.15) is 0 Å². The van der Waals surface area contributed by atoms with Gasteiger partial charge in [-0.05, 0) is 18.6 Å². The van der Waals surface area contributed by atoms with Crippen molar-refractivity contribution in [3.05, 3.63) is 22.7 Å². The maximum Gasteiger partial charge on any atom is 0.252 e. The summed E-state index contributed by atoms with van der Waals surface area (Å²) in [7, 11) is 0. The molecular weight excluding hydrogens is 218 g/mol. The van der Waals surface area contributed by atoms with Gasteiger partial charge in [0, 0.05) is 6.54 Å². The fourth-order valence-electron chi connectivity index (χ4n) is 1.06. The number of carbonyl (C=O) groups is 1. The van der Waals surface area contributed by atoms with Crippen LogP contribution in [0.5, 0.6) is 11.5 Å². The van der Waals surface area contributed by atoms with Gasteiger partial charge >= 0.3 is 0 Å². The minimum Gasteiger partial charge on any atom is -0.504 e. The Bertz CT molecular complexity index is 379. The topological polar surface area (TPSA) is 69.6 Å². The van der Waals surface area contributed by atoms with Crippen LogP contribution in [0.3, 0.4) is 0 Å². The van der Waals surface area contributed by atoms with Crippen LogP contribution < -0.4 is 5.32 Å². The Morgan fingerprint density at radius 1 is 1.47 bits per heavy atom.